The third-order valence-corrected chi connectivity index (χ3v) is 2.08. The summed E-state index contributed by atoms with van der Waals surface area (Å²) in [5.74, 6) is -0.498. The summed E-state index contributed by atoms with van der Waals surface area (Å²) >= 11 is 0. The van der Waals surface area contributed by atoms with E-state index in [-0.39, 0.29) is 5.92 Å². The van der Waals surface area contributed by atoms with Crippen molar-refractivity contribution < 1.29 is 9.90 Å². The molecule has 0 aliphatic heterocycles. The molecule has 0 spiro atoms. The van der Waals surface area contributed by atoms with Crippen LogP contribution in [-0.4, -0.2) is 11.1 Å². The number of carbonyl (C=O) groups is 1. The van der Waals surface area contributed by atoms with Crippen LogP contribution in [0.25, 0.3) is 0 Å². The zero-order valence-corrected chi connectivity index (χ0v) is 5.42. The van der Waals surface area contributed by atoms with Crippen molar-refractivity contribution in [3.05, 3.63) is 12.7 Å². The summed E-state index contributed by atoms with van der Waals surface area (Å²) in [7, 11) is 0. The van der Waals surface area contributed by atoms with Crippen molar-refractivity contribution >= 4 is 5.97 Å². The Hall–Kier alpha value is -0.790. The van der Waals surface area contributed by atoms with Gasteiger partial charge in [-0.2, -0.15) is 0 Å². The molecule has 0 bridgehead atoms. The van der Waals surface area contributed by atoms with Gasteiger partial charge in [-0.3, -0.25) is 4.79 Å². The summed E-state index contributed by atoms with van der Waals surface area (Å²) in [6.45, 7) is 5.29. The highest BCUT2D eigenvalue weighted by atomic mass is 16.4. The lowest BCUT2D eigenvalue weighted by atomic mass is 10.1. The van der Waals surface area contributed by atoms with Gasteiger partial charge in [-0.1, -0.05) is 6.08 Å². The minimum atomic E-state index is -0.701. The van der Waals surface area contributed by atoms with Gasteiger partial charge in [0.05, 0.1) is 5.41 Å². The molecular formula is C7H10O2. The van der Waals surface area contributed by atoms with Gasteiger partial charge >= 0.3 is 5.97 Å². The Morgan fingerprint density at radius 1 is 2.00 bits per heavy atom. The lowest BCUT2D eigenvalue weighted by molar-refractivity contribution is -0.143. The molecule has 2 nitrogen and oxygen atoms in total. The van der Waals surface area contributed by atoms with Crippen molar-refractivity contribution in [1.82, 2.24) is 0 Å². The summed E-state index contributed by atoms with van der Waals surface area (Å²) in [4.78, 5) is 10.4. The molecule has 1 aliphatic carbocycles. The van der Waals surface area contributed by atoms with Crippen LogP contribution in [0.4, 0.5) is 0 Å². The summed E-state index contributed by atoms with van der Waals surface area (Å²) in [6, 6.07) is 0. The molecule has 50 valence electrons. The van der Waals surface area contributed by atoms with Gasteiger partial charge in [0, 0.05) is 0 Å². The summed E-state index contributed by atoms with van der Waals surface area (Å²) in [5, 5.41) is 8.57. The van der Waals surface area contributed by atoms with Crippen molar-refractivity contribution in [3.63, 3.8) is 0 Å². The number of carboxylic acids is 1. The van der Waals surface area contributed by atoms with Gasteiger partial charge in [-0.15, -0.1) is 6.58 Å². The number of hydrogen-bond donors (Lipinski definition) is 1. The van der Waals surface area contributed by atoms with Crippen molar-refractivity contribution in [2.75, 3.05) is 0 Å². The van der Waals surface area contributed by atoms with E-state index >= 15 is 0 Å². The van der Waals surface area contributed by atoms with Crippen LogP contribution in [0.15, 0.2) is 12.7 Å². The van der Waals surface area contributed by atoms with Crippen LogP contribution >= 0.6 is 0 Å². The predicted octanol–water partition coefficient (Wildman–Crippen LogP) is 1.28. The maximum atomic E-state index is 10.4. The number of rotatable bonds is 2. The molecule has 0 radical (unpaired) electrons. The van der Waals surface area contributed by atoms with Crippen molar-refractivity contribution in [1.29, 1.82) is 0 Å². The quantitative estimate of drug-likeness (QED) is 0.566. The molecule has 1 fully saturated rings. The van der Waals surface area contributed by atoms with Crippen LogP contribution in [0.3, 0.4) is 0 Å². The first kappa shape index (κ1) is 6.33. The van der Waals surface area contributed by atoms with E-state index in [1.165, 1.54) is 0 Å². The minimum Gasteiger partial charge on any atom is -0.481 e. The summed E-state index contributed by atoms with van der Waals surface area (Å²) in [6.07, 6.45) is 2.47. The summed E-state index contributed by atoms with van der Waals surface area (Å²) < 4.78 is 0. The van der Waals surface area contributed by atoms with E-state index in [0.29, 0.717) is 0 Å². The first-order chi connectivity index (χ1) is 4.11. The molecule has 1 saturated carbocycles. The largest absolute Gasteiger partial charge is 0.481 e. The molecule has 9 heavy (non-hydrogen) atoms. The van der Waals surface area contributed by atoms with E-state index in [1.807, 2.05) is 0 Å². The van der Waals surface area contributed by atoms with Gasteiger partial charge in [0.2, 0.25) is 0 Å². The molecule has 1 rings (SSSR count). The van der Waals surface area contributed by atoms with E-state index in [4.69, 9.17) is 5.11 Å². The fraction of sp³-hybridized carbons (Fsp3) is 0.571. The van der Waals surface area contributed by atoms with E-state index in [1.54, 1.807) is 13.0 Å². The Kier molecular flexibility index (Phi) is 1.12. The molecule has 0 heterocycles. The van der Waals surface area contributed by atoms with Crippen LogP contribution in [-0.2, 0) is 4.79 Å². The Balaban J connectivity index is 2.62. The molecule has 1 aliphatic rings. The van der Waals surface area contributed by atoms with Crippen LogP contribution in [0.1, 0.15) is 13.3 Å². The first-order valence-corrected chi connectivity index (χ1v) is 2.97. The van der Waals surface area contributed by atoms with Crippen LogP contribution in [0.5, 0.6) is 0 Å². The zero-order chi connectivity index (χ0) is 7.07. The number of allylic oxidation sites excluding steroid dienone is 1. The highest BCUT2D eigenvalue weighted by molar-refractivity contribution is 5.78. The lowest BCUT2D eigenvalue weighted by Gasteiger charge is -1.98. The SMILES string of the molecule is C=CC1CC1(C)C(=O)O. The van der Waals surface area contributed by atoms with E-state index < -0.39 is 11.4 Å². The van der Waals surface area contributed by atoms with Gasteiger partial charge in [0.25, 0.3) is 0 Å². The van der Waals surface area contributed by atoms with Crippen LogP contribution < -0.4 is 0 Å². The molecular weight excluding hydrogens is 116 g/mol. The number of hydrogen-bond acceptors (Lipinski definition) is 1. The van der Waals surface area contributed by atoms with Crippen molar-refractivity contribution in [2.45, 2.75) is 13.3 Å². The standard InChI is InChI=1S/C7H10O2/c1-3-5-4-7(5,2)6(8)9/h3,5H,1,4H2,2H3,(H,8,9). The average Bonchev–Trinajstić information content (AvgIpc) is 2.44. The fourth-order valence-electron chi connectivity index (χ4n) is 0.987. The Morgan fingerprint density at radius 3 is 2.67 bits per heavy atom. The number of carboxylic acid groups (broad SMARTS) is 1. The Morgan fingerprint density at radius 2 is 2.56 bits per heavy atom. The van der Waals surface area contributed by atoms with Gasteiger partial charge in [0.15, 0.2) is 0 Å². The normalized spacial score (nSPS) is 39.9. The van der Waals surface area contributed by atoms with Gasteiger partial charge in [-0.05, 0) is 19.3 Å². The van der Waals surface area contributed by atoms with Crippen LogP contribution in [0.2, 0.25) is 0 Å². The maximum Gasteiger partial charge on any atom is 0.309 e. The second kappa shape index (κ2) is 1.59. The molecule has 0 aromatic heterocycles. The molecule has 2 unspecified atom stereocenters. The van der Waals surface area contributed by atoms with Gasteiger partial charge in [-0.25, -0.2) is 0 Å². The smallest absolute Gasteiger partial charge is 0.309 e. The highest BCUT2D eigenvalue weighted by Gasteiger charge is 2.54. The second-order valence-electron chi connectivity index (χ2n) is 2.77. The highest BCUT2D eigenvalue weighted by Crippen LogP contribution is 2.52. The fourth-order valence-corrected chi connectivity index (χ4v) is 0.987. The van der Waals surface area contributed by atoms with E-state index in [0.717, 1.165) is 6.42 Å². The molecule has 0 aromatic rings. The predicted molar refractivity (Wildman–Crippen MR) is 34.0 cm³/mol. The Labute approximate surface area is 54.2 Å². The third-order valence-electron chi connectivity index (χ3n) is 2.08. The molecule has 0 saturated heterocycles. The number of aliphatic carboxylic acids is 1. The summed E-state index contributed by atoms with van der Waals surface area (Å²) in [5.41, 5.74) is -0.484. The van der Waals surface area contributed by atoms with Gasteiger partial charge < -0.3 is 5.11 Å². The topological polar surface area (TPSA) is 37.3 Å². The molecule has 2 heteroatoms. The second-order valence-corrected chi connectivity index (χ2v) is 2.77. The average molecular weight is 126 g/mol. The van der Waals surface area contributed by atoms with Crippen LogP contribution in [0, 0.1) is 11.3 Å². The monoisotopic (exact) mass is 126 g/mol. The maximum absolute atomic E-state index is 10.4. The van der Waals surface area contributed by atoms with E-state index in [9.17, 15) is 4.79 Å². The Bertz CT molecular complexity index is 162. The molecule has 1 N–H and O–H groups in total. The lowest BCUT2D eigenvalue weighted by Crippen LogP contribution is -2.11. The molecule has 0 amide bonds. The van der Waals surface area contributed by atoms with E-state index in [2.05, 4.69) is 6.58 Å². The molecule has 0 aromatic carbocycles. The first-order valence-electron chi connectivity index (χ1n) is 2.97. The third kappa shape index (κ3) is 0.745. The van der Waals surface area contributed by atoms with Gasteiger partial charge in [0.1, 0.15) is 0 Å². The minimum absolute atomic E-state index is 0.204. The van der Waals surface area contributed by atoms with Crippen molar-refractivity contribution in [3.8, 4) is 0 Å². The molecule has 2 atom stereocenters. The zero-order valence-electron chi connectivity index (χ0n) is 5.42. The van der Waals surface area contributed by atoms with Crippen molar-refractivity contribution in [2.24, 2.45) is 11.3 Å².